The lowest BCUT2D eigenvalue weighted by atomic mass is 10.00. The fourth-order valence-corrected chi connectivity index (χ4v) is 4.02. The molecule has 0 radical (unpaired) electrons. The summed E-state index contributed by atoms with van der Waals surface area (Å²) in [5, 5.41) is 2.96. The lowest BCUT2D eigenvalue weighted by Crippen LogP contribution is -2.48. The van der Waals surface area contributed by atoms with Gasteiger partial charge in [-0.25, -0.2) is 0 Å². The van der Waals surface area contributed by atoms with E-state index in [4.69, 9.17) is 9.47 Å². The van der Waals surface area contributed by atoms with E-state index in [1.54, 1.807) is 20.3 Å². The van der Waals surface area contributed by atoms with Crippen molar-refractivity contribution in [3.63, 3.8) is 0 Å². The van der Waals surface area contributed by atoms with Gasteiger partial charge in [-0.05, 0) is 50.9 Å². The van der Waals surface area contributed by atoms with Gasteiger partial charge in [0.25, 0.3) is 0 Å². The molecule has 1 N–H and O–H groups in total. The van der Waals surface area contributed by atoms with Crippen LogP contribution in [0.3, 0.4) is 0 Å². The second kappa shape index (κ2) is 9.24. The first-order valence-electron chi connectivity index (χ1n) is 9.68. The molecule has 0 aromatic heterocycles. The van der Waals surface area contributed by atoms with Gasteiger partial charge in [0.2, 0.25) is 5.91 Å². The number of rotatable bonds is 6. The number of methoxy groups -OCH3 is 2. The van der Waals surface area contributed by atoms with Crippen molar-refractivity contribution in [2.75, 3.05) is 52.3 Å². The maximum absolute atomic E-state index is 12.4. The summed E-state index contributed by atoms with van der Waals surface area (Å²) in [5.41, 5.74) is 0.682. The Morgan fingerprint density at radius 2 is 1.81 bits per heavy atom. The summed E-state index contributed by atoms with van der Waals surface area (Å²) in [6.45, 7) is 4.93. The van der Waals surface area contributed by atoms with E-state index in [1.807, 2.05) is 12.1 Å². The molecule has 144 valence electrons. The lowest BCUT2D eigenvalue weighted by molar-refractivity contribution is -0.117. The molecule has 6 nitrogen and oxygen atoms in total. The molecule has 3 rings (SSSR count). The lowest BCUT2D eigenvalue weighted by Gasteiger charge is -2.40. The zero-order chi connectivity index (χ0) is 18.4. The van der Waals surface area contributed by atoms with E-state index < -0.39 is 0 Å². The van der Waals surface area contributed by atoms with E-state index in [1.165, 1.54) is 45.2 Å². The summed E-state index contributed by atoms with van der Waals surface area (Å²) in [5.74, 6) is 1.33. The van der Waals surface area contributed by atoms with Crippen molar-refractivity contribution in [2.45, 2.75) is 38.1 Å². The zero-order valence-electron chi connectivity index (χ0n) is 16.0. The first kappa shape index (κ1) is 19.0. The van der Waals surface area contributed by atoms with Crippen LogP contribution in [0.15, 0.2) is 18.2 Å². The fraction of sp³-hybridized carbons (Fsp3) is 0.650. The average Bonchev–Trinajstić information content (AvgIpc) is 2.69. The third kappa shape index (κ3) is 4.89. The maximum Gasteiger partial charge on any atom is 0.238 e. The van der Waals surface area contributed by atoms with E-state index in [-0.39, 0.29) is 5.91 Å². The summed E-state index contributed by atoms with van der Waals surface area (Å²) < 4.78 is 10.5. The number of benzene rings is 1. The van der Waals surface area contributed by atoms with Gasteiger partial charge in [-0.3, -0.25) is 9.69 Å². The van der Waals surface area contributed by atoms with Crippen molar-refractivity contribution in [1.29, 1.82) is 0 Å². The Morgan fingerprint density at radius 3 is 2.46 bits per heavy atom. The van der Waals surface area contributed by atoms with E-state index in [0.717, 1.165) is 13.1 Å². The minimum Gasteiger partial charge on any atom is -0.497 e. The summed E-state index contributed by atoms with van der Waals surface area (Å²) in [6, 6.07) is 6.12. The molecule has 0 saturated carbocycles. The first-order chi connectivity index (χ1) is 12.7. The molecule has 1 aromatic carbocycles. The number of likely N-dealkylation sites (tertiary alicyclic amines) is 2. The highest BCUT2D eigenvalue weighted by molar-refractivity contribution is 5.93. The Hall–Kier alpha value is -1.79. The Kier molecular flexibility index (Phi) is 6.74. The van der Waals surface area contributed by atoms with Crippen molar-refractivity contribution in [3.05, 3.63) is 18.2 Å². The number of amides is 1. The van der Waals surface area contributed by atoms with Crippen molar-refractivity contribution in [3.8, 4) is 11.5 Å². The van der Waals surface area contributed by atoms with Gasteiger partial charge in [0.1, 0.15) is 11.5 Å². The number of nitrogens with zero attached hydrogens (tertiary/aromatic N) is 2. The Bertz CT molecular complexity index is 594. The predicted molar refractivity (Wildman–Crippen MR) is 103 cm³/mol. The van der Waals surface area contributed by atoms with Gasteiger partial charge in [-0.2, -0.15) is 0 Å². The smallest absolute Gasteiger partial charge is 0.238 e. The van der Waals surface area contributed by atoms with Crippen molar-refractivity contribution in [1.82, 2.24) is 9.80 Å². The van der Waals surface area contributed by atoms with Gasteiger partial charge in [0, 0.05) is 25.2 Å². The molecule has 2 fully saturated rings. The van der Waals surface area contributed by atoms with Crippen LogP contribution >= 0.6 is 0 Å². The molecule has 2 heterocycles. The van der Waals surface area contributed by atoms with E-state index >= 15 is 0 Å². The van der Waals surface area contributed by atoms with E-state index in [0.29, 0.717) is 29.8 Å². The van der Waals surface area contributed by atoms with Crippen LogP contribution in [0.1, 0.15) is 32.1 Å². The molecule has 0 bridgehead atoms. The molecule has 6 heteroatoms. The fourth-order valence-electron chi connectivity index (χ4n) is 4.02. The SMILES string of the molecule is COc1ccc(NC(=O)CN2CCC(N3CCCCC3)CC2)c(OC)c1. The van der Waals surface area contributed by atoms with Gasteiger partial charge >= 0.3 is 0 Å². The van der Waals surface area contributed by atoms with Crippen LogP contribution in [0.5, 0.6) is 11.5 Å². The van der Waals surface area contributed by atoms with Crippen molar-refractivity contribution < 1.29 is 14.3 Å². The molecule has 2 saturated heterocycles. The van der Waals surface area contributed by atoms with Gasteiger partial charge in [0.15, 0.2) is 0 Å². The van der Waals surface area contributed by atoms with Crippen LogP contribution in [-0.4, -0.2) is 68.7 Å². The van der Waals surface area contributed by atoms with E-state index in [2.05, 4.69) is 15.1 Å². The van der Waals surface area contributed by atoms with Crippen molar-refractivity contribution >= 4 is 11.6 Å². The second-order valence-corrected chi connectivity index (χ2v) is 7.22. The molecule has 26 heavy (non-hydrogen) atoms. The number of carbonyl (C=O) groups is 1. The molecule has 1 amide bonds. The van der Waals surface area contributed by atoms with Gasteiger partial charge in [0.05, 0.1) is 26.5 Å². The van der Waals surface area contributed by atoms with Crippen LogP contribution < -0.4 is 14.8 Å². The highest BCUT2D eigenvalue weighted by atomic mass is 16.5. The normalized spacial score (nSPS) is 19.9. The molecule has 0 unspecified atom stereocenters. The summed E-state index contributed by atoms with van der Waals surface area (Å²) in [7, 11) is 3.20. The summed E-state index contributed by atoms with van der Waals surface area (Å²) in [6.07, 6.45) is 6.39. The van der Waals surface area contributed by atoms with Crippen LogP contribution in [0.25, 0.3) is 0 Å². The Balaban J connectivity index is 1.47. The maximum atomic E-state index is 12.4. The van der Waals surface area contributed by atoms with Gasteiger partial charge in [-0.1, -0.05) is 6.42 Å². The highest BCUT2D eigenvalue weighted by Gasteiger charge is 2.26. The number of piperidine rings is 2. The number of carbonyl (C=O) groups excluding carboxylic acids is 1. The monoisotopic (exact) mass is 361 g/mol. The third-order valence-corrected chi connectivity index (χ3v) is 5.51. The van der Waals surface area contributed by atoms with E-state index in [9.17, 15) is 4.79 Å². The van der Waals surface area contributed by atoms with Crippen LogP contribution in [0.2, 0.25) is 0 Å². The molecule has 0 aliphatic carbocycles. The highest BCUT2D eigenvalue weighted by Crippen LogP contribution is 2.29. The number of hydrogen-bond donors (Lipinski definition) is 1. The Morgan fingerprint density at radius 1 is 1.08 bits per heavy atom. The first-order valence-corrected chi connectivity index (χ1v) is 9.68. The molecular formula is C20H31N3O3. The average molecular weight is 361 g/mol. The van der Waals surface area contributed by atoms with Crippen LogP contribution in [0.4, 0.5) is 5.69 Å². The quantitative estimate of drug-likeness (QED) is 0.844. The Labute approximate surface area is 156 Å². The number of hydrogen-bond acceptors (Lipinski definition) is 5. The van der Waals surface area contributed by atoms with Crippen molar-refractivity contribution in [2.24, 2.45) is 0 Å². The standard InChI is InChI=1S/C20H31N3O3/c1-25-17-6-7-18(19(14-17)26-2)21-20(24)15-22-12-8-16(9-13-22)23-10-4-3-5-11-23/h6-7,14,16H,3-5,8-13,15H2,1-2H3,(H,21,24). The molecule has 2 aliphatic heterocycles. The second-order valence-electron chi connectivity index (χ2n) is 7.22. The predicted octanol–water partition coefficient (Wildman–Crippen LogP) is 2.59. The minimum absolute atomic E-state index is 0.00453. The summed E-state index contributed by atoms with van der Waals surface area (Å²) >= 11 is 0. The molecular weight excluding hydrogens is 330 g/mol. The topological polar surface area (TPSA) is 54.0 Å². The molecule has 0 spiro atoms. The van der Waals surface area contributed by atoms with Gasteiger partial charge < -0.3 is 19.7 Å². The number of ether oxygens (including phenoxy) is 2. The van der Waals surface area contributed by atoms with Crippen LogP contribution in [0, 0.1) is 0 Å². The minimum atomic E-state index is 0.00453. The number of nitrogens with one attached hydrogen (secondary N) is 1. The molecule has 0 atom stereocenters. The van der Waals surface area contributed by atoms with Crippen LogP contribution in [-0.2, 0) is 4.79 Å². The molecule has 1 aromatic rings. The summed E-state index contributed by atoms with van der Waals surface area (Å²) in [4.78, 5) is 17.3. The molecule has 2 aliphatic rings. The van der Waals surface area contributed by atoms with Gasteiger partial charge in [-0.15, -0.1) is 0 Å². The third-order valence-electron chi connectivity index (χ3n) is 5.51. The number of anilines is 1. The largest absolute Gasteiger partial charge is 0.497 e. The zero-order valence-corrected chi connectivity index (χ0v) is 16.0.